The number of hydrogen-bond donors (Lipinski definition) is 1. The molecule has 3 rings (SSSR count). The minimum Gasteiger partial charge on any atom is -0.361 e. The summed E-state index contributed by atoms with van der Waals surface area (Å²) in [5.74, 6) is 1.96. The van der Waals surface area contributed by atoms with Crippen LogP contribution in [0.15, 0.2) is 9.52 Å². The van der Waals surface area contributed by atoms with Crippen molar-refractivity contribution in [3.63, 3.8) is 0 Å². The van der Waals surface area contributed by atoms with Gasteiger partial charge >= 0.3 is 0 Å². The van der Waals surface area contributed by atoms with Gasteiger partial charge < -0.3 is 14.7 Å². The predicted molar refractivity (Wildman–Crippen MR) is 112 cm³/mol. The number of piperidine rings is 1. The second-order valence-corrected chi connectivity index (χ2v) is 7.01. The van der Waals surface area contributed by atoms with Crippen molar-refractivity contribution in [3.05, 3.63) is 17.0 Å². The van der Waals surface area contributed by atoms with Crippen LogP contribution >= 0.6 is 24.0 Å². The molecule has 0 radical (unpaired) electrons. The first kappa shape index (κ1) is 20.5. The molecule has 6 nitrogen and oxygen atoms in total. The first-order valence-corrected chi connectivity index (χ1v) is 9.30. The van der Waals surface area contributed by atoms with Crippen molar-refractivity contribution in [1.82, 2.24) is 20.3 Å². The van der Waals surface area contributed by atoms with E-state index in [4.69, 9.17) is 4.52 Å². The summed E-state index contributed by atoms with van der Waals surface area (Å²) in [6.07, 6.45) is 6.30. The van der Waals surface area contributed by atoms with Crippen molar-refractivity contribution < 1.29 is 4.52 Å². The third-order valence-corrected chi connectivity index (χ3v) is 5.42. The van der Waals surface area contributed by atoms with Gasteiger partial charge in [0.15, 0.2) is 5.96 Å². The van der Waals surface area contributed by atoms with Gasteiger partial charge in [-0.25, -0.2) is 0 Å². The number of nitrogens with zero attached hydrogens (tertiary/aromatic N) is 4. The zero-order valence-corrected chi connectivity index (χ0v) is 18.1. The maximum Gasteiger partial charge on any atom is 0.193 e. The molecule has 2 aliphatic rings. The number of guanidine groups is 1. The van der Waals surface area contributed by atoms with Crippen molar-refractivity contribution in [2.24, 2.45) is 4.99 Å². The summed E-state index contributed by atoms with van der Waals surface area (Å²) in [7, 11) is 1.88. The molecule has 25 heavy (non-hydrogen) atoms. The van der Waals surface area contributed by atoms with Crippen molar-refractivity contribution in [2.75, 3.05) is 39.8 Å². The van der Waals surface area contributed by atoms with E-state index in [9.17, 15) is 0 Å². The van der Waals surface area contributed by atoms with E-state index in [0.29, 0.717) is 6.04 Å². The predicted octanol–water partition coefficient (Wildman–Crippen LogP) is 2.59. The zero-order chi connectivity index (χ0) is 16.9. The van der Waals surface area contributed by atoms with Gasteiger partial charge in [-0.05, 0) is 52.6 Å². The fourth-order valence-electron chi connectivity index (χ4n) is 4.01. The number of halogens is 1. The van der Waals surface area contributed by atoms with Gasteiger partial charge in [-0.3, -0.25) is 9.89 Å². The molecule has 0 bridgehead atoms. The normalized spacial score (nSPS) is 22.1. The Kier molecular flexibility index (Phi) is 7.99. The van der Waals surface area contributed by atoms with Crippen LogP contribution in [-0.4, -0.2) is 66.7 Å². The van der Waals surface area contributed by atoms with Gasteiger partial charge in [0.05, 0.1) is 5.69 Å². The van der Waals surface area contributed by atoms with Gasteiger partial charge in [-0.2, -0.15) is 0 Å². The molecule has 7 heteroatoms. The van der Waals surface area contributed by atoms with E-state index in [1.54, 1.807) is 0 Å². The van der Waals surface area contributed by atoms with Crippen molar-refractivity contribution in [3.8, 4) is 0 Å². The minimum atomic E-state index is 0. The molecule has 0 spiro atoms. The molecule has 142 valence electrons. The number of aryl methyl sites for hydroxylation is 2. The van der Waals surface area contributed by atoms with Crippen molar-refractivity contribution >= 4 is 29.9 Å². The van der Waals surface area contributed by atoms with E-state index in [1.165, 1.54) is 44.3 Å². The molecule has 0 saturated carbocycles. The molecule has 0 amide bonds. The highest BCUT2D eigenvalue weighted by molar-refractivity contribution is 14.0. The summed E-state index contributed by atoms with van der Waals surface area (Å²) >= 11 is 0. The fourth-order valence-corrected chi connectivity index (χ4v) is 4.01. The molecule has 2 aliphatic heterocycles. The third kappa shape index (κ3) is 5.09. The Morgan fingerprint density at radius 1 is 1.24 bits per heavy atom. The maximum absolute atomic E-state index is 5.24. The molecule has 1 unspecified atom stereocenters. The van der Waals surface area contributed by atoms with Crippen LogP contribution in [0.1, 0.15) is 42.7 Å². The van der Waals surface area contributed by atoms with E-state index in [-0.39, 0.29) is 24.0 Å². The Morgan fingerprint density at radius 2 is 2.00 bits per heavy atom. The molecule has 0 aliphatic carbocycles. The molecule has 1 N–H and O–H groups in total. The molecule has 2 saturated heterocycles. The van der Waals surface area contributed by atoms with Crippen LogP contribution in [-0.2, 0) is 6.42 Å². The van der Waals surface area contributed by atoms with Crippen LogP contribution in [0.3, 0.4) is 0 Å². The standard InChI is InChI=1S/C18H31N5O.HI/c1-14-17(15(2)24-21-14)7-9-20-18(19-3)23-12-8-16(13-23)22-10-5-4-6-11-22;/h16H,4-13H2,1-3H3,(H,19,20);1H. The second kappa shape index (κ2) is 9.75. The maximum atomic E-state index is 5.24. The van der Waals surface area contributed by atoms with Gasteiger partial charge in [-0.15, -0.1) is 24.0 Å². The minimum absolute atomic E-state index is 0. The molecule has 1 aromatic heterocycles. The Labute approximate surface area is 168 Å². The Bertz CT molecular complexity index is 548. The second-order valence-electron chi connectivity index (χ2n) is 7.01. The monoisotopic (exact) mass is 461 g/mol. The molecule has 2 fully saturated rings. The zero-order valence-electron chi connectivity index (χ0n) is 15.8. The van der Waals surface area contributed by atoms with Crippen LogP contribution in [0, 0.1) is 13.8 Å². The Balaban J connectivity index is 0.00000225. The van der Waals surface area contributed by atoms with Crippen molar-refractivity contribution in [1.29, 1.82) is 0 Å². The smallest absolute Gasteiger partial charge is 0.193 e. The topological polar surface area (TPSA) is 56.9 Å². The highest BCUT2D eigenvalue weighted by atomic mass is 127. The van der Waals surface area contributed by atoms with E-state index in [1.807, 2.05) is 20.9 Å². The summed E-state index contributed by atoms with van der Waals surface area (Å²) < 4.78 is 5.24. The number of rotatable bonds is 4. The van der Waals surface area contributed by atoms with Crippen LogP contribution < -0.4 is 5.32 Å². The molecule has 1 atom stereocenters. The Hall–Kier alpha value is -0.830. The lowest BCUT2D eigenvalue weighted by Gasteiger charge is -2.32. The van der Waals surface area contributed by atoms with E-state index in [0.717, 1.165) is 43.5 Å². The van der Waals surface area contributed by atoms with Crippen LogP contribution in [0.4, 0.5) is 0 Å². The Morgan fingerprint density at radius 3 is 2.64 bits per heavy atom. The largest absolute Gasteiger partial charge is 0.361 e. The lowest BCUT2D eigenvalue weighted by Crippen LogP contribution is -2.44. The van der Waals surface area contributed by atoms with Gasteiger partial charge in [0.2, 0.25) is 0 Å². The van der Waals surface area contributed by atoms with Gasteiger partial charge in [-0.1, -0.05) is 11.6 Å². The summed E-state index contributed by atoms with van der Waals surface area (Å²) in [6, 6.07) is 0.700. The number of likely N-dealkylation sites (tertiary alicyclic amines) is 2. The quantitative estimate of drug-likeness (QED) is 0.425. The molecular weight excluding hydrogens is 429 g/mol. The lowest BCUT2D eigenvalue weighted by molar-refractivity contribution is 0.168. The first-order valence-electron chi connectivity index (χ1n) is 9.30. The average molecular weight is 461 g/mol. The third-order valence-electron chi connectivity index (χ3n) is 5.42. The van der Waals surface area contributed by atoms with Gasteiger partial charge in [0, 0.05) is 38.3 Å². The van der Waals surface area contributed by atoms with Crippen LogP contribution in [0.5, 0.6) is 0 Å². The van der Waals surface area contributed by atoms with Gasteiger partial charge in [0.25, 0.3) is 0 Å². The summed E-state index contributed by atoms with van der Waals surface area (Å²) in [5.41, 5.74) is 2.21. The summed E-state index contributed by atoms with van der Waals surface area (Å²) in [5, 5.41) is 7.54. The van der Waals surface area contributed by atoms with E-state index >= 15 is 0 Å². The number of aliphatic imine (C=N–C) groups is 1. The molecule has 0 aromatic carbocycles. The number of nitrogens with one attached hydrogen (secondary N) is 1. The van der Waals surface area contributed by atoms with Crippen LogP contribution in [0.25, 0.3) is 0 Å². The summed E-state index contributed by atoms with van der Waals surface area (Å²) in [4.78, 5) is 9.58. The SMILES string of the molecule is CN=C(NCCc1c(C)noc1C)N1CCC(N2CCCCC2)C1.I. The average Bonchev–Trinajstić information content (AvgIpc) is 3.21. The molecular formula is C18H32IN5O. The van der Waals surface area contributed by atoms with E-state index in [2.05, 4.69) is 25.3 Å². The number of aromatic nitrogens is 1. The molecule has 1 aromatic rings. The number of hydrogen-bond acceptors (Lipinski definition) is 4. The van der Waals surface area contributed by atoms with Crippen LogP contribution in [0.2, 0.25) is 0 Å². The first-order chi connectivity index (χ1) is 11.7. The lowest BCUT2D eigenvalue weighted by atomic mass is 10.1. The van der Waals surface area contributed by atoms with Gasteiger partial charge in [0.1, 0.15) is 5.76 Å². The summed E-state index contributed by atoms with van der Waals surface area (Å²) in [6.45, 7) is 9.60. The fraction of sp³-hybridized carbons (Fsp3) is 0.778. The highest BCUT2D eigenvalue weighted by Gasteiger charge is 2.29. The van der Waals surface area contributed by atoms with Crippen molar-refractivity contribution in [2.45, 2.75) is 52.0 Å². The highest BCUT2D eigenvalue weighted by Crippen LogP contribution is 2.20. The molecule has 3 heterocycles. The van der Waals surface area contributed by atoms with E-state index < -0.39 is 0 Å².